The molecular formula is C17H21NO3S. The number of carboxylic acids is 1. The Bertz CT molecular complexity index is 583. The lowest BCUT2D eigenvalue weighted by Crippen LogP contribution is -2.34. The second-order valence-electron chi connectivity index (χ2n) is 5.35. The first kappa shape index (κ1) is 16.6. The number of ketones is 1. The molecule has 1 aromatic carbocycles. The molecule has 0 amide bonds. The van der Waals surface area contributed by atoms with Crippen LogP contribution in [-0.2, 0) is 11.2 Å². The van der Waals surface area contributed by atoms with Crippen molar-refractivity contribution in [3.8, 4) is 0 Å². The third-order valence-corrected chi connectivity index (χ3v) is 4.46. The number of thioether (sulfide) groups is 1. The van der Waals surface area contributed by atoms with Crippen LogP contribution < -0.4 is 5.32 Å². The largest absolute Gasteiger partial charge is 0.480 e. The van der Waals surface area contributed by atoms with Gasteiger partial charge in [-0.25, -0.2) is 4.79 Å². The number of carbonyl (C=O) groups excluding carboxylic acids is 1. The van der Waals surface area contributed by atoms with Crippen molar-refractivity contribution in [3.05, 3.63) is 47.2 Å². The third-order valence-electron chi connectivity index (χ3n) is 3.81. The Kier molecular flexibility index (Phi) is 6.07. The number of rotatable bonds is 6. The van der Waals surface area contributed by atoms with Crippen LogP contribution in [0, 0.1) is 0 Å². The van der Waals surface area contributed by atoms with Crippen LogP contribution in [0.5, 0.6) is 0 Å². The van der Waals surface area contributed by atoms with Gasteiger partial charge in [0.2, 0.25) is 0 Å². The molecular weight excluding hydrogens is 298 g/mol. The molecule has 0 saturated heterocycles. The van der Waals surface area contributed by atoms with Crippen LogP contribution in [-0.4, -0.2) is 34.9 Å². The van der Waals surface area contributed by atoms with Crippen LogP contribution in [0.2, 0.25) is 0 Å². The zero-order valence-electron chi connectivity index (χ0n) is 12.7. The lowest BCUT2D eigenvalue weighted by Gasteiger charge is -2.13. The van der Waals surface area contributed by atoms with E-state index in [0.29, 0.717) is 18.4 Å². The van der Waals surface area contributed by atoms with E-state index in [1.54, 1.807) is 18.0 Å². The molecule has 0 bridgehead atoms. The Morgan fingerprint density at radius 3 is 2.91 bits per heavy atom. The fraction of sp³-hybridized carbons (Fsp3) is 0.412. The molecule has 22 heavy (non-hydrogen) atoms. The number of fused-ring (bicyclic) bond motifs is 1. The van der Waals surface area contributed by atoms with E-state index in [2.05, 4.69) is 5.32 Å². The number of carboxylic acid groups (broad SMARTS) is 1. The number of allylic oxidation sites excluding steroid dienone is 1. The van der Waals surface area contributed by atoms with Crippen LogP contribution in [0.3, 0.4) is 0 Å². The van der Waals surface area contributed by atoms with E-state index < -0.39 is 12.0 Å². The van der Waals surface area contributed by atoms with Gasteiger partial charge in [-0.3, -0.25) is 4.79 Å². The maximum atomic E-state index is 12.6. The van der Waals surface area contributed by atoms with Crippen LogP contribution in [0.1, 0.15) is 35.2 Å². The molecule has 0 spiro atoms. The van der Waals surface area contributed by atoms with E-state index in [-0.39, 0.29) is 5.78 Å². The maximum absolute atomic E-state index is 12.6. The Balaban J connectivity index is 2.14. The van der Waals surface area contributed by atoms with Crippen molar-refractivity contribution in [1.29, 1.82) is 0 Å². The standard InChI is InChI=1S/C17H21NO3S/c1-22-10-9-15(17(20)21)18-11-13-7-4-6-12-5-2-3-8-14(12)16(13)19/h2-3,5,8,11,15,18H,4,6-7,9-10H2,1H3,(H,20,21)/b13-11-. The molecule has 0 radical (unpaired) electrons. The van der Waals surface area contributed by atoms with E-state index in [4.69, 9.17) is 0 Å². The summed E-state index contributed by atoms with van der Waals surface area (Å²) in [6, 6.07) is 7.00. The summed E-state index contributed by atoms with van der Waals surface area (Å²) in [5.41, 5.74) is 2.48. The molecule has 1 atom stereocenters. The van der Waals surface area contributed by atoms with Crippen molar-refractivity contribution in [2.75, 3.05) is 12.0 Å². The van der Waals surface area contributed by atoms with Gasteiger partial charge in [-0.15, -0.1) is 0 Å². The van der Waals surface area contributed by atoms with Crippen LogP contribution in [0.4, 0.5) is 0 Å². The van der Waals surface area contributed by atoms with Crippen LogP contribution in [0.25, 0.3) is 0 Å². The smallest absolute Gasteiger partial charge is 0.326 e. The van der Waals surface area contributed by atoms with Crippen molar-refractivity contribution in [3.63, 3.8) is 0 Å². The highest BCUT2D eigenvalue weighted by Gasteiger charge is 2.21. The Hall–Kier alpha value is -1.75. The molecule has 118 valence electrons. The highest BCUT2D eigenvalue weighted by molar-refractivity contribution is 7.98. The molecule has 0 aliphatic heterocycles. The number of Topliss-reactive ketones (excluding diaryl/α,β-unsaturated/α-hetero) is 1. The number of nitrogens with one attached hydrogen (secondary N) is 1. The molecule has 1 unspecified atom stereocenters. The predicted molar refractivity (Wildman–Crippen MR) is 89.4 cm³/mol. The molecule has 2 rings (SSSR count). The van der Waals surface area contributed by atoms with Gasteiger partial charge in [0.15, 0.2) is 5.78 Å². The zero-order valence-corrected chi connectivity index (χ0v) is 13.5. The summed E-state index contributed by atoms with van der Waals surface area (Å²) in [7, 11) is 0. The van der Waals surface area contributed by atoms with Crippen molar-refractivity contribution in [2.24, 2.45) is 0 Å². The SMILES string of the molecule is CSCCC(N/C=C1/CCCc2ccccc2C1=O)C(=O)O. The first-order valence-corrected chi connectivity index (χ1v) is 8.82. The lowest BCUT2D eigenvalue weighted by molar-refractivity contribution is -0.139. The first-order valence-electron chi connectivity index (χ1n) is 7.43. The van der Waals surface area contributed by atoms with Crippen molar-refractivity contribution < 1.29 is 14.7 Å². The molecule has 1 aliphatic carbocycles. The fourth-order valence-corrected chi connectivity index (χ4v) is 3.04. The van der Waals surface area contributed by atoms with E-state index in [1.165, 1.54) is 0 Å². The quantitative estimate of drug-likeness (QED) is 0.623. The molecule has 2 N–H and O–H groups in total. The molecule has 0 aromatic heterocycles. The Labute approximate surface area is 135 Å². The van der Waals surface area contributed by atoms with Gasteiger partial charge in [-0.1, -0.05) is 24.3 Å². The van der Waals surface area contributed by atoms with Gasteiger partial charge >= 0.3 is 5.97 Å². The minimum Gasteiger partial charge on any atom is -0.480 e. The first-order chi connectivity index (χ1) is 10.6. The van der Waals surface area contributed by atoms with E-state index >= 15 is 0 Å². The van der Waals surface area contributed by atoms with E-state index in [0.717, 1.165) is 29.7 Å². The Morgan fingerprint density at radius 1 is 1.41 bits per heavy atom. The van der Waals surface area contributed by atoms with Crippen LogP contribution in [0.15, 0.2) is 36.0 Å². The summed E-state index contributed by atoms with van der Waals surface area (Å²) >= 11 is 1.61. The number of carbonyl (C=O) groups is 2. The second-order valence-corrected chi connectivity index (χ2v) is 6.33. The number of hydrogen-bond acceptors (Lipinski definition) is 4. The Morgan fingerprint density at radius 2 is 2.18 bits per heavy atom. The summed E-state index contributed by atoms with van der Waals surface area (Å²) in [5, 5.41) is 12.1. The van der Waals surface area contributed by atoms with Crippen molar-refractivity contribution in [2.45, 2.75) is 31.7 Å². The van der Waals surface area contributed by atoms with Gasteiger partial charge in [-0.2, -0.15) is 11.8 Å². The average molecular weight is 319 g/mol. The van der Waals surface area contributed by atoms with E-state index in [9.17, 15) is 14.7 Å². The zero-order chi connectivity index (χ0) is 15.9. The molecule has 1 aliphatic rings. The topological polar surface area (TPSA) is 66.4 Å². The summed E-state index contributed by atoms with van der Waals surface area (Å²) in [5.74, 6) is -0.105. The van der Waals surface area contributed by atoms with Gasteiger partial charge in [-0.05, 0) is 43.3 Å². The van der Waals surface area contributed by atoms with Gasteiger partial charge < -0.3 is 10.4 Å². The summed E-state index contributed by atoms with van der Waals surface area (Å²) < 4.78 is 0. The minimum absolute atomic E-state index is 0.00889. The van der Waals surface area contributed by atoms with Crippen LogP contribution >= 0.6 is 11.8 Å². The van der Waals surface area contributed by atoms with E-state index in [1.807, 2.05) is 30.5 Å². The predicted octanol–water partition coefficient (Wildman–Crippen LogP) is 2.89. The van der Waals surface area contributed by atoms with Crippen molar-refractivity contribution >= 4 is 23.5 Å². The van der Waals surface area contributed by atoms with Gasteiger partial charge in [0.25, 0.3) is 0 Å². The molecule has 0 fully saturated rings. The summed E-state index contributed by atoms with van der Waals surface area (Å²) in [4.78, 5) is 23.8. The number of hydrogen-bond donors (Lipinski definition) is 2. The normalized spacial score (nSPS) is 17.7. The highest BCUT2D eigenvalue weighted by Crippen LogP contribution is 2.23. The van der Waals surface area contributed by atoms with Crippen molar-refractivity contribution in [1.82, 2.24) is 5.32 Å². The minimum atomic E-state index is -0.882. The average Bonchev–Trinajstić information content (AvgIpc) is 2.67. The molecule has 0 saturated carbocycles. The molecule has 0 heterocycles. The van der Waals surface area contributed by atoms with Gasteiger partial charge in [0.05, 0.1) is 0 Å². The van der Waals surface area contributed by atoms with Gasteiger partial charge in [0.1, 0.15) is 6.04 Å². The van der Waals surface area contributed by atoms with Gasteiger partial charge in [0, 0.05) is 17.3 Å². The monoisotopic (exact) mass is 319 g/mol. The molecule has 1 aromatic rings. The molecule has 5 heteroatoms. The fourth-order valence-electron chi connectivity index (χ4n) is 2.57. The summed E-state index contributed by atoms with van der Waals surface area (Å²) in [6.45, 7) is 0. The maximum Gasteiger partial charge on any atom is 0.326 e. The summed E-state index contributed by atoms with van der Waals surface area (Å²) in [6.07, 6.45) is 6.56. The third kappa shape index (κ3) is 4.13. The number of aryl methyl sites for hydroxylation is 1. The highest BCUT2D eigenvalue weighted by atomic mass is 32.2. The number of benzene rings is 1. The molecule has 4 nitrogen and oxygen atoms in total. The number of aliphatic carboxylic acids is 1. The lowest BCUT2D eigenvalue weighted by atomic mass is 10.0. The second kappa shape index (κ2) is 8.03.